The molecule has 0 saturated carbocycles. The number of nitrogens with zero attached hydrogens (tertiary/aromatic N) is 2. The Morgan fingerprint density at radius 1 is 1.65 bits per heavy atom. The largest absolute Gasteiger partial charge is 0.480 e. The number of hydrogen-bond acceptors (Lipinski definition) is 6. The van der Waals surface area contributed by atoms with Gasteiger partial charge in [0.15, 0.2) is 0 Å². The van der Waals surface area contributed by atoms with Gasteiger partial charge in [-0.25, -0.2) is 0 Å². The molecule has 8 heteroatoms. The van der Waals surface area contributed by atoms with Gasteiger partial charge in [0.2, 0.25) is 0 Å². The van der Waals surface area contributed by atoms with Crippen molar-refractivity contribution in [3.8, 4) is 0 Å². The third kappa shape index (κ3) is 3.42. The molecule has 1 fully saturated rings. The lowest BCUT2D eigenvalue weighted by Crippen LogP contribution is -2.33. The van der Waals surface area contributed by atoms with Crippen molar-refractivity contribution < 1.29 is 14.7 Å². The minimum Gasteiger partial charge on any atom is -0.480 e. The third-order valence-electron chi connectivity index (χ3n) is 2.89. The maximum Gasteiger partial charge on any atom is 0.323 e. The molecule has 1 amide bonds. The first-order valence-electron chi connectivity index (χ1n) is 6.17. The molecule has 1 saturated heterocycles. The van der Waals surface area contributed by atoms with Gasteiger partial charge in [0, 0.05) is 18.2 Å². The SMILES string of the molecule is CCC(C=C1SC(=S)N(CC(=O)O)C1=O)C1=NCCS1. The van der Waals surface area contributed by atoms with E-state index in [1.807, 2.05) is 13.0 Å². The molecule has 0 aromatic heterocycles. The summed E-state index contributed by atoms with van der Waals surface area (Å²) in [5.41, 5.74) is 0. The second-order valence-electron chi connectivity index (χ2n) is 4.27. The van der Waals surface area contributed by atoms with Gasteiger partial charge in [-0.15, -0.1) is 11.8 Å². The lowest BCUT2D eigenvalue weighted by atomic mass is 10.1. The number of rotatable bonds is 5. The van der Waals surface area contributed by atoms with Crippen molar-refractivity contribution in [3.63, 3.8) is 0 Å². The molecule has 2 rings (SSSR count). The molecule has 2 aliphatic rings. The van der Waals surface area contributed by atoms with Crippen LogP contribution in [-0.2, 0) is 9.59 Å². The molecular formula is C12H14N2O3S3. The van der Waals surface area contributed by atoms with Crippen molar-refractivity contribution in [1.29, 1.82) is 0 Å². The van der Waals surface area contributed by atoms with E-state index in [0.29, 0.717) is 9.23 Å². The highest BCUT2D eigenvalue weighted by Gasteiger charge is 2.34. The number of amides is 1. The Kier molecular flexibility index (Phi) is 5.22. The Balaban J connectivity index is 2.16. The summed E-state index contributed by atoms with van der Waals surface area (Å²) in [4.78, 5) is 29.0. The molecule has 2 heterocycles. The monoisotopic (exact) mass is 330 g/mol. The molecule has 0 radical (unpaired) electrons. The van der Waals surface area contributed by atoms with Gasteiger partial charge in [-0.1, -0.05) is 37.0 Å². The molecule has 2 aliphatic heterocycles. The molecule has 108 valence electrons. The van der Waals surface area contributed by atoms with Crippen LogP contribution in [0.5, 0.6) is 0 Å². The molecule has 0 aromatic rings. The third-order valence-corrected chi connectivity index (χ3v) is 5.40. The van der Waals surface area contributed by atoms with Crippen LogP contribution in [0.3, 0.4) is 0 Å². The quantitative estimate of drug-likeness (QED) is 0.614. The van der Waals surface area contributed by atoms with Crippen LogP contribution in [0, 0.1) is 5.92 Å². The Bertz CT molecular complexity index is 516. The number of allylic oxidation sites excluding steroid dienone is 1. The number of hydrogen-bond donors (Lipinski definition) is 1. The molecule has 0 bridgehead atoms. The number of carbonyl (C=O) groups is 2. The van der Waals surface area contributed by atoms with Crippen molar-refractivity contribution >= 4 is 57.0 Å². The van der Waals surface area contributed by atoms with Gasteiger partial charge in [0.1, 0.15) is 10.9 Å². The first-order chi connectivity index (χ1) is 9.52. The Morgan fingerprint density at radius 2 is 2.40 bits per heavy atom. The second kappa shape index (κ2) is 6.73. The second-order valence-corrected chi connectivity index (χ2v) is 7.06. The topological polar surface area (TPSA) is 70.0 Å². The molecule has 1 unspecified atom stereocenters. The van der Waals surface area contributed by atoms with E-state index in [2.05, 4.69) is 4.99 Å². The van der Waals surface area contributed by atoms with E-state index in [-0.39, 0.29) is 18.4 Å². The molecule has 20 heavy (non-hydrogen) atoms. The van der Waals surface area contributed by atoms with Gasteiger partial charge in [-0.05, 0) is 6.42 Å². The summed E-state index contributed by atoms with van der Waals surface area (Å²) in [5, 5.41) is 9.84. The van der Waals surface area contributed by atoms with Crippen LogP contribution in [0.25, 0.3) is 0 Å². The summed E-state index contributed by atoms with van der Waals surface area (Å²) >= 11 is 7.95. The number of carbonyl (C=O) groups excluding carboxylic acids is 1. The van der Waals surface area contributed by atoms with Crippen LogP contribution in [0.2, 0.25) is 0 Å². The summed E-state index contributed by atoms with van der Waals surface area (Å²) in [5.74, 6) is -0.282. The zero-order chi connectivity index (χ0) is 14.7. The molecule has 0 aromatic carbocycles. The maximum atomic E-state index is 12.2. The number of thiocarbonyl (C=S) groups is 1. The number of thioether (sulfide) groups is 2. The number of carboxylic acids is 1. The van der Waals surface area contributed by atoms with E-state index >= 15 is 0 Å². The number of aliphatic carboxylic acids is 1. The molecule has 0 spiro atoms. The van der Waals surface area contributed by atoms with Crippen LogP contribution < -0.4 is 0 Å². The zero-order valence-corrected chi connectivity index (χ0v) is 13.3. The van der Waals surface area contributed by atoms with E-state index in [1.54, 1.807) is 11.8 Å². The van der Waals surface area contributed by atoms with Crippen LogP contribution >= 0.6 is 35.7 Å². The molecule has 5 nitrogen and oxygen atoms in total. The summed E-state index contributed by atoms with van der Waals surface area (Å²) in [6, 6.07) is 0. The summed E-state index contributed by atoms with van der Waals surface area (Å²) in [6.07, 6.45) is 2.73. The van der Waals surface area contributed by atoms with Crippen molar-refractivity contribution in [2.45, 2.75) is 13.3 Å². The average Bonchev–Trinajstić information content (AvgIpc) is 3.00. The van der Waals surface area contributed by atoms with Crippen LogP contribution in [-0.4, -0.2) is 50.1 Å². The maximum absolute atomic E-state index is 12.2. The smallest absolute Gasteiger partial charge is 0.323 e. The van der Waals surface area contributed by atoms with Gasteiger partial charge in [0.25, 0.3) is 5.91 Å². The predicted molar refractivity (Wildman–Crippen MR) is 86.2 cm³/mol. The number of aliphatic imine (C=N–C) groups is 1. The van der Waals surface area contributed by atoms with E-state index < -0.39 is 5.97 Å². The van der Waals surface area contributed by atoms with Crippen molar-refractivity contribution in [1.82, 2.24) is 4.90 Å². The minimum absolute atomic E-state index is 0.113. The summed E-state index contributed by atoms with van der Waals surface area (Å²) < 4.78 is 0.305. The Labute approximate surface area is 130 Å². The standard InChI is InChI=1S/C12H14N2O3S3/c1-2-7(10-13-3-4-19-10)5-8-11(17)14(6-9(15)16)12(18)20-8/h5,7H,2-4,6H2,1H3,(H,15,16). The molecule has 1 atom stereocenters. The van der Waals surface area contributed by atoms with Gasteiger partial charge >= 0.3 is 5.97 Å². The number of carboxylic acid groups (broad SMARTS) is 1. The minimum atomic E-state index is -1.06. The summed E-state index contributed by atoms with van der Waals surface area (Å²) in [7, 11) is 0. The average molecular weight is 330 g/mol. The lowest BCUT2D eigenvalue weighted by Gasteiger charge is -2.11. The zero-order valence-electron chi connectivity index (χ0n) is 10.9. The van der Waals surface area contributed by atoms with Gasteiger partial charge in [0.05, 0.1) is 9.95 Å². The fraction of sp³-hybridized carbons (Fsp3) is 0.500. The highest BCUT2D eigenvalue weighted by atomic mass is 32.2. The molecule has 1 N–H and O–H groups in total. The van der Waals surface area contributed by atoms with E-state index in [1.165, 1.54) is 11.8 Å². The normalized spacial score (nSPS) is 22.6. The highest BCUT2D eigenvalue weighted by Crippen LogP contribution is 2.33. The van der Waals surface area contributed by atoms with Crippen molar-refractivity contribution in [2.24, 2.45) is 10.9 Å². The first-order valence-corrected chi connectivity index (χ1v) is 8.38. The van der Waals surface area contributed by atoms with Gasteiger partial charge in [-0.3, -0.25) is 19.5 Å². The van der Waals surface area contributed by atoms with Crippen molar-refractivity contribution in [3.05, 3.63) is 11.0 Å². The summed E-state index contributed by atoms with van der Waals surface area (Å²) in [6.45, 7) is 2.49. The fourth-order valence-corrected chi connectivity index (χ4v) is 4.22. The van der Waals surface area contributed by atoms with E-state index in [4.69, 9.17) is 17.3 Å². The first kappa shape index (κ1) is 15.5. The highest BCUT2D eigenvalue weighted by molar-refractivity contribution is 8.26. The lowest BCUT2D eigenvalue weighted by molar-refractivity contribution is -0.140. The predicted octanol–water partition coefficient (Wildman–Crippen LogP) is 1.99. The van der Waals surface area contributed by atoms with Crippen LogP contribution in [0.1, 0.15) is 13.3 Å². The Hall–Kier alpha value is -0.860. The molecular weight excluding hydrogens is 316 g/mol. The van der Waals surface area contributed by atoms with Gasteiger partial charge in [-0.2, -0.15) is 0 Å². The van der Waals surface area contributed by atoms with Crippen LogP contribution in [0.15, 0.2) is 16.0 Å². The molecule has 0 aliphatic carbocycles. The van der Waals surface area contributed by atoms with Gasteiger partial charge < -0.3 is 5.11 Å². The van der Waals surface area contributed by atoms with Crippen molar-refractivity contribution in [2.75, 3.05) is 18.8 Å². The van der Waals surface area contributed by atoms with E-state index in [9.17, 15) is 9.59 Å². The fourth-order valence-electron chi connectivity index (χ4n) is 1.91. The Morgan fingerprint density at radius 3 is 2.95 bits per heavy atom. The van der Waals surface area contributed by atoms with E-state index in [0.717, 1.165) is 28.7 Å². The van der Waals surface area contributed by atoms with Crippen LogP contribution in [0.4, 0.5) is 0 Å².